The highest BCUT2D eigenvalue weighted by Crippen LogP contribution is 2.32. The predicted molar refractivity (Wildman–Crippen MR) is 104 cm³/mol. The number of nitrogens with one attached hydrogen (secondary N) is 1. The topological polar surface area (TPSA) is 52.7 Å². The molecule has 0 atom stereocenters. The van der Waals surface area contributed by atoms with Crippen molar-refractivity contribution in [2.45, 2.75) is 26.2 Å². The van der Waals surface area contributed by atoms with E-state index in [0.29, 0.717) is 12.2 Å². The van der Waals surface area contributed by atoms with Crippen LogP contribution in [0.2, 0.25) is 0 Å². The summed E-state index contributed by atoms with van der Waals surface area (Å²) >= 11 is 0. The van der Waals surface area contributed by atoms with Crippen LogP contribution in [0.5, 0.6) is 0 Å². The van der Waals surface area contributed by atoms with E-state index in [1.165, 1.54) is 28.8 Å². The number of carbonyl (C=O) groups is 2. The molecule has 0 bridgehead atoms. The third-order valence-electron chi connectivity index (χ3n) is 5.09. The second kappa shape index (κ2) is 6.83. The summed E-state index contributed by atoms with van der Waals surface area (Å²) < 4.78 is 0. The van der Waals surface area contributed by atoms with Crippen LogP contribution in [-0.4, -0.2) is 36.5 Å². The molecule has 0 unspecified atom stereocenters. The van der Waals surface area contributed by atoms with Crippen molar-refractivity contribution < 1.29 is 9.59 Å². The number of rotatable bonds is 4. The first-order valence-corrected chi connectivity index (χ1v) is 9.30. The molecule has 2 saturated heterocycles. The van der Waals surface area contributed by atoms with Crippen LogP contribution in [0.1, 0.15) is 31.7 Å². The number of nitrogens with zero attached hydrogens (tertiary/aromatic N) is 2. The van der Waals surface area contributed by atoms with Gasteiger partial charge in [0.1, 0.15) is 5.70 Å². The summed E-state index contributed by atoms with van der Waals surface area (Å²) in [7, 11) is 0. The lowest BCUT2D eigenvalue weighted by atomic mass is 10.0. The second-order valence-corrected chi connectivity index (χ2v) is 6.86. The van der Waals surface area contributed by atoms with Crippen molar-refractivity contribution in [3.05, 3.63) is 47.7 Å². The van der Waals surface area contributed by atoms with E-state index in [2.05, 4.69) is 28.4 Å². The van der Waals surface area contributed by atoms with Crippen LogP contribution in [0.15, 0.2) is 42.1 Å². The van der Waals surface area contributed by atoms with Crippen molar-refractivity contribution in [1.29, 1.82) is 0 Å². The maximum Gasteiger partial charge on any atom is 0.329 e. The van der Waals surface area contributed by atoms with Gasteiger partial charge >= 0.3 is 6.03 Å². The molecular formula is C21H23N3O2. The van der Waals surface area contributed by atoms with Gasteiger partial charge in [-0.3, -0.25) is 9.69 Å². The molecule has 3 amide bonds. The van der Waals surface area contributed by atoms with Crippen LogP contribution in [0.4, 0.5) is 10.5 Å². The molecule has 2 heterocycles. The zero-order valence-corrected chi connectivity index (χ0v) is 15.0. The van der Waals surface area contributed by atoms with Gasteiger partial charge < -0.3 is 10.2 Å². The van der Waals surface area contributed by atoms with Gasteiger partial charge in [-0.2, -0.15) is 0 Å². The fourth-order valence-electron chi connectivity index (χ4n) is 3.82. The molecule has 0 spiro atoms. The monoisotopic (exact) mass is 349 g/mol. The maximum atomic E-state index is 12.5. The van der Waals surface area contributed by atoms with Gasteiger partial charge in [0.25, 0.3) is 5.91 Å². The third-order valence-corrected chi connectivity index (χ3v) is 5.09. The lowest BCUT2D eigenvalue weighted by Crippen LogP contribution is -2.31. The van der Waals surface area contributed by atoms with Gasteiger partial charge in [0.2, 0.25) is 0 Å². The van der Waals surface area contributed by atoms with Crippen LogP contribution < -0.4 is 10.2 Å². The zero-order chi connectivity index (χ0) is 18.1. The Bertz CT molecular complexity index is 897. The Labute approximate surface area is 153 Å². The first-order valence-electron chi connectivity index (χ1n) is 9.30. The van der Waals surface area contributed by atoms with Crippen molar-refractivity contribution in [1.82, 2.24) is 10.2 Å². The van der Waals surface area contributed by atoms with Crippen molar-refractivity contribution >= 4 is 34.5 Å². The fourth-order valence-corrected chi connectivity index (χ4v) is 3.82. The highest BCUT2D eigenvalue weighted by atomic mass is 16.2. The molecule has 2 aromatic carbocycles. The number of anilines is 1. The minimum Gasteiger partial charge on any atom is -0.371 e. The van der Waals surface area contributed by atoms with Crippen molar-refractivity contribution in [2.75, 3.05) is 24.5 Å². The van der Waals surface area contributed by atoms with E-state index >= 15 is 0 Å². The number of fused-ring (bicyclic) bond motifs is 1. The normalized spacial score (nSPS) is 19.0. The Balaban J connectivity index is 1.75. The molecule has 26 heavy (non-hydrogen) atoms. The Morgan fingerprint density at radius 3 is 2.50 bits per heavy atom. The smallest absolute Gasteiger partial charge is 0.329 e. The van der Waals surface area contributed by atoms with E-state index in [4.69, 9.17) is 0 Å². The van der Waals surface area contributed by atoms with E-state index in [1.54, 1.807) is 6.08 Å². The molecule has 5 heteroatoms. The standard InChI is InChI=1S/C21H23N3O2/c1-2-11-24-20(25)18(22-21(24)26)14-15-9-10-19(23-12-5-6-13-23)17-8-4-3-7-16(15)17/h3-4,7-10,14H,2,5-6,11-13H2,1H3,(H,22,26)/b18-14+. The number of hydrogen-bond donors (Lipinski definition) is 1. The van der Waals surface area contributed by atoms with E-state index < -0.39 is 0 Å². The number of benzene rings is 2. The van der Waals surface area contributed by atoms with Crippen LogP contribution >= 0.6 is 0 Å². The molecule has 0 radical (unpaired) electrons. The summed E-state index contributed by atoms with van der Waals surface area (Å²) in [5.41, 5.74) is 2.54. The highest BCUT2D eigenvalue weighted by molar-refractivity contribution is 6.15. The summed E-state index contributed by atoms with van der Waals surface area (Å²) in [6.07, 6.45) is 5.01. The Morgan fingerprint density at radius 2 is 1.77 bits per heavy atom. The van der Waals surface area contributed by atoms with E-state index in [-0.39, 0.29) is 11.9 Å². The summed E-state index contributed by atoms with van der Waals surface area (Å²) in [5.74, 6) is -0.246. The van der Waals surface area contributed by atoms with Gasteiger partial charge in [-0.25, -0.2) is 4.79 Å². The van der Waals surface area contributed by atoms with E-state index in [1.807, 2.05) is 25.1 Å². The summed E-state index contributed by atoms with van der Waals surface area (Å²) in [5, 5.41) is 4.99. The fraction of sp³-hybridized carbons (Fsp3) is 0.333. The average Bonchev–Trinajstić information content (AvgIpc) is 3.27. The SMILES string of the molecule is CCCN1C(=O)N/C(=C/c2ccc(N3CCCC3)c3ccccc23)C1=O. The zero-order valence-electron chi connectivity index (χ0n) is 15.0. The predicted octanol–water partition coefficient (Wildman–Crippen LogP) is 3.74. The van der Waals surface area contributed by atoms with E-state index in [9.17, 15) is 9.59 Å². The quantitative estimate of drug-likeness (QED) is 0.676. The lowest BCUT2D eigenvalue weighted by molar-refractivity contribution is -0.122. The van der Waals surface area contributed by atoms with Crippen LogP contribution in [-0.2, 0) is 4.79 Å². The molecular weight excluding hydrogens is 326 g/mol. The highest BCUT2D eigenvalue weighted by Gasteiger charge is 2.32. The minimum atomic E-state index is -0.332. The average molecular weight is 349 g/mol. The first-order chi connectivity index (χ1) is 12.7. The molecule has 5 nitrogen and oxygen atoms in total. The Hall–Kier alpha value is -2.82. The number of amides is 3. The molecule has 4 rings (SSSR count). The van der Waals surface area contributed by atoms with Crippen molar-refractivity contribution in [3.8, 4) is 0 Å². The first kappa shape index (κ1) is 16.6. The van der Waals surface area contributed by atoms with Gasteiger partial charge in [0, 0.05) is 30.7 Å². The van der Waals surface area contributed by atoms with Gasteiger partial charge in [-0.05, 0) is 42.4 Å². The van der Waals surface area contributed by atoms with Crippen LogP contribution in [0.25, 0.3) is 16.8 Å². The van der Waals surface area contributed by atoms with Gasteiger partial charge in [-0.15, -0.1) is 0 Å². The molecule has 0 aliphatic carbocycles. The molecule has 2 aliphatic heterocycles. The Kier molecular flexibility index (Phi) is 4.37. The summed E-state index contributed by atoms with van der Waals surface area (Å²) in [6.45, 7) is 4.57. The van der Waals surface area contributed by atoms with Crippen LogP contribution in [0.3, 0.4) is 0 Å². The molecule has 1 N–H and O–H groups in total. The molecule has 134 valence electrons. The maximum absolute atomic E-state index is 12.5. The molecule has 2 aliphatic rings. The molecule has 2 aromatic rings. The van der Waals surface area contributed by atoms with Crippen molar-refractivity contribution in [3.63, 3.8) is 0 Å². The van der Waals surface area contributed by atoms with Crippen LogP contribution in [0, 0.1) is 0 Å². The van der Waals surface area contributed by atoms with Gasteiger partial charge in [0.15, 0.2) is 0 Å². The molecule has 0 saturated carbocycles. The second-order valence-electron chi connectivity index (χ2n) is 6.86. The number of urea groups is 1. The molecule has 0 aromatic heterocycles. The van der Waals surface area contributed by atoms with E-state index in [0.717, 1.165) is 30.5 Å². The van der Waals surface area contributed by atoms with Gasteiger partial charge in [0.05, 0.1) is 0 Å². The van der Waals surface area contributed by atoms with Crippen molar-refractivity contribution in [2.24, 2.45) is 0 Å². The van der Waals surface area contributed by atoms with Gasteiger partial charge in [-0.1, -0.05) is 37.3 Å². The summed E-state index contributed by atoms with van der Waals surface area (Å²) in [4.78, 5) is 28.2. The number of imide groups is 1. The number of carbonyl (C=O) groups excluding carboxylic acids is 2. The number of hydrogen-bond acceptors (Lipinski definition) is 3. The summed E-state index contributed by atoms with van der Waals surface area (Å²) in [6, 6.07) is 12.1. The lowest BCUT2D eigenvalue weighted by Gasteiger charge is -2.20. The third kappa shape index (κ3) is 2.83. The Morgan fingerprint density at radius 1 is 1.04 bits per heavy atom. The molecule has 2 fully saturated rings. The largest absolute Gasteiger partial charge is 0.371 e. The minimum absolute atomic E-state index is 0.246.